The lowest BCUT2D eigenvalue weighted by molar-refractivity contribution is 0.100. The Morgan fingerprint density at radius 2 is 1.81 bits per heavy atom. The number of hydrogen-bond donors (Lipinski definition) is 1. The first-order valence-electron chi connectivity index (χ1n) is 6.45. The Bertz CT molecular complexity index is 575. The van der Waals surface area contributed by atoms with Crippen molar-refractivity contribution >= 4 is 35.6 Å². The molecule has 2 rings (SSSR count). The van der Waals surface area contributed by atoms with E-state index in [0.29, 0.717) is 18.0 Å². The molecule has 0 atom stereocenters. The number of primary amides is 1. The average molecular weight is 325 g/mol. The molecule has 2 aromatic rings. The van der Waals surface area contributed by atoms with Gasteiger partial charge in [0.05, 0.1) is 0 Å². The van der Waals surface area contributed by atoms with Crippen molar-refractivity contribution in [1.29, 1.82) is 0 Å². The summed E-state index contributed by atoms with van der Waals surface area (Å²) in [5, 5.41) is 0. The second kappa shape index (κ2) is 8.55. The zero-order chi connectivity index (χ0) is 14.4. The highest BCUT2D eigenvalue weighted by Crippen LogP contribution is 2.19. The summed E-state index contributed by atoms with van der Waals surface area (Å²) in [6.07, 6.45) is 0. The van der Waals surface area contributed by atoms with Crippen molar-refractivity contribution in [3.63, 3.8) is 0 Å². The summed E-state index contributed by atoms with van der Waals surface area (Å²) in [5.41, 5.74) is 7.98. The minimum Gasteiger partial charge on any atom is -0.366 e. The van der Waals surface area contributed by atoms with Crippen LogP contribution in [0.2, 0.25) is 0 Å². The van der Waals surface area contributed by atoms with Crippen LogP contribution in [-0.4, -0.2) is 18.3 Å². The molecule has 0 aliphatic rings. The SMILES string of the molecule is Cl.NC(=O)c1cccc(N(CCCl)Cc2ccccc2)c1. The summed E-state index contributed by atoms with van der Waals surface area (Å²) in [6.45, 7) is 1.45. The molecular formula is C16H18Cl2N2O. The van der Waals surface area contributed by atoms with Crippen molar-refractivity contribution in [3.05, 3.63) is 65.7 Å². The number of benzene rings is 2. The van der Waals surface area contributed by atoms with Crippen molar-refractivity contribution in [3.8, 4) is 0 Å². The van der Waals surface area contributed by atoms with Gasteiger partial charge >= 0.3 is 0 Å². The van der Waals surface area contributed by atoms with E-state index in [2.05, 4.69) is 17.0 Å². The maximum Gasteiger partial charge on any atom is 0.248 e. The number of carbonyl (C=O) groups excluding carboxylic acids is 1. The van der Waals surface area contributed by atoms with E-state index in [1.165, 1.54) is 5.56 Å². The third-order valence-corrected chi connectivity index (χ3v) is 3.24. The fourth-order valence-corrected chi connectivity index (χ4v) is 2.27. The van der Waals surface area contributed by atoms with Crippen LogP contribution in [0.15, 0.2) is 54.6 Å². The molecule has 0 heterocycles. The first-order chi connectivity index (χ1) is 9.70. The molecule has 1 amide bonds. The van der Waals surface area contributed by atoms with Gasteiger partial charge in [0.15, 0.2) is 0 Å². The molecule has 0 aliphatic carbocycles. The Kier molecular flexibility index (Phi) is 7.06. The lowest BCUT2D eigenvalue weighted by Gasteiger charge is -2.24. The fourth-order valence-electron chi connectivity index (χ4n) is 2.06. The summed E-state index contributed by atoms with van der Waals surface area (Å²) >= 11 is 5.88. The number of alkyl halides is 1. The third-order valence-electron chi connectivity index (χ3n) is 3.07. The van der Waals surface area contributed by atoms with Gasteiger partial charge in [0.1, 0.15) is 0 Å². The molecule has 2 N–H and O–H groups in total. The number of carbonyl (C=O) groups is 1. The normalized spacial score (nSPS) is 9.76. The molecule has 21 heavy (non-hydrogen) atoms. The Morgan fingerprint density at radius 1 is 1.10 bits per heavy atom. The number of rotatable bonds is 6. The summed E-state index contributed by atoms with van der Waals surface area (Å²) < 4.78 is 0. The van der Waals surface area contributed by atoms with E-state index in [0.717, 1.165) is 12.2 Å². The maximum atomic E-state index is 11.3. The lowest BCUT2D eigenvalue weighted by atomic mass is 10.1. The zero-order valence-corrected chi connectivity index (χ0v) is 13.1. The Balaban J connectivity index is 0.00000220. The number of amides is 1. The number of anilines is 1. The van der Waals surface area contributed by atoms with Crippen LogP contribution in [0.3, 0.4) is 0 Å². The van der Waals surface area contributed by atoms with Gasteiger partial charge in [-0.15, -0.1) is 24.0 Å². The number of hydrogen-bond acceptors (Lipinski definition) is 2. The monoisotopic (exact) mass is 324 g/mol. The van der Waals surface area contributed by atoms with Gasteiger partial charge < -0.3 is 10.6 Å². The highest BCUT2D eigenvalue weighted by Gasteiger charge is 2.09. The van der Waals surface area contributed by atoms with E-state index in [9.17, 15) is 4.79 Å². The summed E-state index contributed by atoms with van der Waals surface area (Å²) in [6, 6.07) is 17.5. The van der Waals surface area contributed by atoms with Crippen molar-refractivity contribution in [2.75, 3.05) is 17.3 Å². The van der Waals surface area contributed by atoms with Crippen LogP contribution in [0, 0.1) is 0 Å². The predicted molar refractivity (Wildman–Crippen MR) is 90.4 cm³/mol. The third kappa shape index (κ3) is 4.96. The molecule has 112 valence electrons. The van der Waals surface area contributed by atoms with Gasteiger partial charge in [-0.3, -0.25) is 4.79 Å². The molecular weight excluding hydrogens is 307 g/mol. The van der Waals surface area contributed by atoms with Gasteiger partial charge in [0, 0.05) is 30.2 Å². The van der Waals surface area contributed by atoms with Gasteiger partial charge in [-0.05, 0) is 23.8 Å². The highest BCUT2D eigenvalue weighted by molar-refractivity contribution is 6.18. The van der Waals surface area contributed by atoms with Crippen LogP contribution in [-0.2, 0) is 6.54 Å². The summed E-state index contributed by atoms with van der Waals surface area (Å²) in [5.74, 6) is 0.102. The Hall–Kier alpha value is -1.71. The summed E-state index contributed by atoms with van der Waals surface area (Å²) in [4.78, 5) is 13.4. The van der Waals surface area contributed by atoms with Crippen LogP contribution in [0.1, 0.15) is 15.9 Å². The van der Waals surface area contributed by atoms with E-state index < -0.39 is 5.91 Å². The molecule has 3 nitrogen and oxygen atoms in total. The quantitative estimate of drug-likeness (QED) is 0.827. The topological polar surface area (TPSA) is 46.3 Å². The van der Waals surface area contributed by atoms with Crippen LogP contribution in [0.5, 0.6) is 0 Å². The molecule has 0 spiro atoms. The average Bonchev–Trinajstić information content (AvgIpc) is 2.48. The van der Waals surface area contributed by atoms with E-state index in [-0.39, 0.29) is 12.4 Å². The first-order valence-corrected chi connectivity index (χ1v) is 6.99. The largest absolute Gasteiger partial charge is 0.366 e. The van der Waals surface area contributed by atoms with Crippen LogP contribution < -0.4 is 10.6 Å². The van der Waals surface area contributed by atoms with Gasteiger partial charge in [0.25, 0.3) is 0 Å². The molecule has 0 radical (unpaired) electrons. The van der Waals surface area contributed by atoms with Crippen LogP contribution in [0.4, 0.5) is 5.69 Å². The molecule has 0 bridgehead atoms. The maximum absolute atomic E-state index is 11.3. The minimum absolute atomic E-state index is 0. The van der Waals surface area contributed by atoms with Crippen molar-refractivity contribution in [1.82, 2.24) is 0 Å². The lowest BCUT2D eigenvalue weighted by Crippen LogP contribution is -2.25. The van der Waals surface area contributed by atoms with E-state index in [1.807, 2.05) is 30.3 Å². The second-order valence-electron chi connectivity index (χ2n) is 4.51. The molecule has 0 saturated heterocycles. The van der Waals surface area contributed by atoms with E-state index in [1.54, 1.807) is 12.1 Å². The van der Waals surface area contributed by atoms with Crippen molar-refractivity contribution < 1.29 is 4.79 Å². The molecule has 0 aromatic heterocycles. The van der Waals surface area contributed by atoms with E-state index in [4.69, 9.17) is 17.3 Å². The molecule has 5 heteroatoms. The summed E-state index contributed by atoms with van der Waals surface area (Å²) in [7, 11) is 0. The van der Waals surface area contributed by atoms with Crippen molar-refractivity contribution in [2.24, 2.45) is 5.73 Å². The molecule has 0 aliphatic heterocycles. The number of nitrogens with two attached hydrogens (primary N) is 1. The predicted octanol–water partition coefficient (Wildman–Crippen LogP) is 3.45. The zero-order valence-electron chi connectivity index (χ0n) is 11.5. The Labute approximate surface area is 136 Å². The van der Waals surface area contributed by atoms with E-state index >= 15 is 0 Å². The smallest absolute Gasteiger partial charge is 0.248 e. The number of nitrogens with zero attached hydrogens (tertiary/aromatic N) is 1. The van der Waals surface area contributed by atoms with Crippen molar-refractivity contribution in [2.45, 2.75) is 6.54 Å². The Morgan fingerprint density at radius 3 is 2.43 bits per heavy atom. The fraction of sp³-hybridized carbons (Fsp3) is 0.188. The minimum atomic E-state index is -0.419. The first kappa shape index (κ1) is 17.3. The van der Waals surface area contributed by atoms with Gasteiger partial charge in [-0.25, -0.2) is 0 Å². The second-order valence-corrected chi connectivity index (χ2v) is 4.89. The molecule has 0 fully saturated rings. The number of halogens is 2. The molecule has 0 saturated carbocycles. The molecule has 2 aromatic carbocycles. The van der Waals surface area contributed by atoms with Crippen LogP contribution in [0.25, 0.3) is 0 Å². The van der Waals surface area contributed by atoms with Crippen LogP contribution >= 0.6 is 24.0 Å². The van der Waals surface area contributed by atoms with Gasteiger partial charge in [0.2, 0.25) is 5.91 Å². The molecule has 0 unspecified atom stereocenters. The van der Waals surface area contributed by atoms with Gasteiger partial charge in [-0.2, -0.15) is 0 Å². The van der Waals surface area contributed by atoms with Gasteiger partial charge in [-0.1, -0.05) is 36.4 Å². The standard InChI is InChI=1S/C16H17ClN2O.ClH/c17-9-10-19(12-13-5-2-1-3-6-13)15-8-4-7-14(11-15)16(18)20;/h1-8,11H,9-10,12H2,(H2,18,20);1H. The highest BCUT2D eigenvalue weighted by atomic mass is 35.5.